The summed E-state index contributed by atoms with van der Waals surface area (Å²) in [7, 11) is 0. The van der Waals surface area contributed by atoms with E-state index in [1.807, 2.05) is 41.8 Å². The Morgan fingerprint density at radius 2 is 1.32 bits per heavy atom. The summed E-state index contributed by atoms with van der Waals surface area (Å²) in [6.45, 7) is 9.13. The van der Waals surface area contributed by atoms with E-state index >= 15 is 0 Å². The molecule has 0 spiro atoms. The van der Waals surface area contributed by atoms with Crippen molar-refractivity contribution < 1.29 is 20.1 Å². The SMILES string of the molecule is CC(C)c1cccc(C(C)C)c1-n1c(-c2[c-]cc3sc4cc5ccc6ccccc6c5cc4c3c2)nc2ccccc21.[CH3][Ge]([CH3])([CH3])[c]1ccc(-c2[c-]cccc2)nc1.[Ir]. The van der Waals surface area contributed by atoms with E-state index in [0.717, 1.165) is 33.7 Å². The van der Waals surface area contributed by atoms with Gasteiger partial charge in [0.1, 0.15) is 0 Å². The van der Waals surface area contributed by atoms with Gasteiger partial charge in [-0.1, -0.05) is 99.8 Å². The van der Waals surface area contributed by atoms with Crippen molar-refractivity contribution in [2.45, 2.75) is 56.8 Å². The van der Waals surface area contributed by atoms with Crippen molar-refractivity contribution in [1.82, 2.24) is 14.5 Å². The first-order valence-electron chi connectivity index (χ1n) is 20.3. The third-order valence-corrected chi connectivity index (χ3v) is 16.6. The summed E-state index contributed by atoms with van der Waals surface area (Å²) in [5.74, 6) is 8.84. The van der Waals surface area contributed by atoms with Crippen LogP contribution in [0.15, 0.2) is 146 Å². The first kappa shape index (κ1) is 40.9. The summed E-state index contributed by atoms with van der Waals surface area (Å²) in [6, 6.07) is 56.8. The van der Waals surface area contributed by atoms with Gasteiger partial charge in [0.05, 0.1) is 16.9 Å². The minimum Gasteiger partial charge on any atom is 0 e. The van der Waals surface area contributed by atoms with Gasteiger partial charge in [-0.3, -0.25) is 4.98 Å². The number of pyridine rings is 1. The summed E-state index contributed by atoms with van der Waals surface area (Å²) in [5.41, 5.74) is 9.16. The first-order valence-corrected chi connectivity index (χ1v) is 28.5. The van der Waals surface area contributed by atoms with E-state index in [2.05, 4.69) is 182 Å². The molecular formula is C53H47GeIrN3S-2. The van der Waals surface area contributed by atoms with Gasteiger partial charge in [-0.15, -0.1) is 23.8 Å². The Bertz CT molecular complexity index is 3080. The van der Waals surface area contributed by atoms with Gasteiger partial charge in [0, 0.05) is 30.5 Å². The molecule has 0 aliphatic heterocycles. The number of hydrogen-bond donors (Lipinski definition) is 0. The molecule has 10 rings (SSSR count). The van der Waals surface area contributed by atoms with Gasteiger partial charge in [0.15, 0.2) is 0 Å². The van der Waals surface area contributed by atoms with Crippen LogP contribution >= 0.6 is 11.3 Å². The van der Waals surface area contributed by atoms with Gasteiger partial charge >= 0.3 is 99.8 Å². The van der Waals surface area contributed by atoms with E-state index in [0.29, 0.717) is 11.8 Å². The fraction of sp³-hybridized carbons (Fsp3) is 0.170. The fourth-order valence-electron chi connectivity index (χ4n) is 8.10. The molecule has 0 aliphatic rings. The molecule has 0 saturated heterocycles. The molecule has 3 nitrogen and oxygen atoms in total. The Kier molecular flexibility index (Phi) is 11.5. The minimum absolute atomic E-state index is 0. The van der Waals surface area contributed by atoms with Gasteiger partial charge in [0.2, 0.25) is 0 Å². The molecule has 10 aromatic rings. The van der Waals surface area contributed by atoms with E-state index < -0.39 is 13.3 Å². The fourth-order valence-corrected chi connectivity index (χ4v) is 11.4. The van der Waals surface area contributed by atoms with Crippen LogP contribution in [0.4, 0.5) is 0 Å². The zero-order chi connectivity index (χ0) is 40.1. The molecule has 59 heavy (non-hydrogen) atoms. The van der Waals surface area contributed by atoms with Crippen LogP contribution in [-0.2, 0) is 20.1 Å². The molecule has 0 atom stereocenters. The standard InChI is InChI=1S/C39H31N2S.C14H16GeN.Ir/c1-23(2)28-12-9-13-29(24(3)4)38(28)41-35-15-8-7-14-34(35)40-39(41)27-18-19-36-32(20-27)33-22-31-26(21-37(33)42-36)17-16-25-10-5-6-11-30(25)31;1-15(2,3)13-9-10-14(16-11-13)12-7-5-4-6-8-12;/h5-17,19-24H,1-4H3;4-7,9-11H,1-3H3;/q2*-1;. The van der Waals surface area contributed by atoms with Gasteiger partial charge in [0.25, 0.3) is 0 Å². The summed E-state index contributed by atoms with van der Waals surface area (Å²) in [4.78, 5) is 9.79. The number of fused-ring (bicyclic) bond motifs is 7. The summed E-state index contributed by atoms with van der Waals surface area (Å²) >= 11 is 0.130. The molecule has 0 fully saturated rings. The minimum atomic E-state index is -1.72. The Morgan fingerprint density at radius 3 is 2.03 bits per heavy atom. The van der Waals surface area contributed by atoms with Crippen LogP contribution in [0.3, 0.4) is 0 Å². The van der Waals surface area contributed by atoms with Gasteiger partial charge in [-0.25, -0.2) is 0 Å². The predicted molar refractivity (Wildman–Crippen MR) is 253 cm³/mol. The second kappa shape index (κ2) is 16.6. The third-order valence-electron chi connectivity index (χ3n) is 11.3. The maximum atomic E-state index is 5.26. The van der Waals surface area contributed by atoms with Crippen molar-refractivity contribution in [3.8, 4) is 28.3 Å². The Labute approximate surface area is 367 Å². The molecular weight excluding hydrogens is 975 g/mol. The van der Waals surface area contributed by atoms with E-state index in [4.69, 9.17) is 4.98 Å². The number of para-hydroxylation sites is 3. The molecule has 3 aromatic heterocycles. The molecule has 1 radical (unpaired) electrons. The number of benzene rings is 7. The zero-order valence-corrected chi connectivity index (χ0v) is 39.9. The first-order chi connectivity index (χ1) is 28.0. The van der Waals surface area contributed by atoms with Crippen molar-refractivity contribution in [3.05, 3.63) is 169 Å². The molecule has 0 N–H and O–H groups in total. The maximum Gasteiger partial charge on any atom is 0 e. The van der Waals surface area contributed by atoms with Gasteiger partial charge in [-0.05, 0) is 78.9 Å². The van der Waals surface area contributed by atoms with Crippen LogP contribution in [0.1, 0.15) is 50.7 Å². The second-order valence-corrected chi connectivity index (χ2v) is 28.6. The summed E-state index contributed by atoms with van der Waals surface area (Å²) < 4.78 is 6.40. The van der Waals surface area contributed by atoms with Crippen molar-refractivity contribution in [2.75, 3.05) is 0 Å². The Morgan fingerprint density at radius 1 is 0.610 bits per heavy atom. The average Bonchev–Trinajstić information content (AvgIpc) is 3.80. The molecule has 0 saturated carbocycles. The van der Waals surface area contributed by atoms with Crippen molar-refractivity contribution in [2.24, 2.45) is 0 Å². The summed E-state index contributed by atoms with van der Waals surface area (Å²) in [6.07, 6.45) is 2.04. The number of imidazole rings is 1. The number of thiophene rings is 1. The molecule has 3 heterocycles. The monoisotopic (exact) mass is 1020 g/mol. The predicted octanol–water partition coefficient (Wildman–Crippen LogP) is 14.5. The molecule has 295 valence electrons. The quantitative estimate of drug-likeness (QED) is 0.0944. The number of hydrogen-bond acceptors (Lipinski definition) is 3. The molecule has 0 amide bonds. The van der Waals surface area contributed by atoms with E-state index in [-0.39, 0.29) is 20.1 Å². The van der Waals surface area contributed by atoms with E-state index in [1.54, 1.807) is 0 Å². The molecule has 0 unspecified atom stereocenters. The third kappa shape index (κ3) is 7.82. The Hall–Kier alpha value is -4.91. The normalized spacial score (nSPS) is 11.8. The van der Waals surface area contributed by atoms with Crippen LogP contribution in [0.5, 0.6) is 0 Å². The molecule has 0 bridgehead atoms. The smallest absolute Gasteiger partial charge is 0 e. The topological polar surface area (TPSA) is 30.7 Å². The maximum absolute atomic E-state index is 5.26. The largest absolute Gasteiger partial charge is 0 e. The van der Waals surface area contributed by atoms with Crippen molar-refractivity contribution >= 4 is 81.7 Å². The van der Waals surface area contributed by atoms with Crippen molar-refractivity contribution in [3.63, 3.8) is 0 Å². The number of aromatic nitrogens is 3. The van der Waals surface area contributed by atoms with E-state index in [1.165, 1.54) is 62.9 Å². The zero-order valence-electron chi connectivity index (χ0n) is 34.6. The second-order valence-electron chi connectivity index (χ2n) is 16.9. The van der Waals surface area contributed by atoms with Gasteiger partial charge in [-0.2, -0.15) is 11.3 Å². The number of rotatable bonds is 6. The summed E-state index contributed by atoms with van der Waals surface area (Å²) in [5, 5.41) is 7.71. The van der Waals surface area contributed by atoms with Crippen LogP contribution < -0.4 is 4.40 Å². The van der Waals surface area contributed by atoms with Crippen LogP contribution in [0.2, 0.25) is 17.3 Å². The van der Waals surface area contributed by atoms with Gasteiger partial charge < -0.3 is 4.57 Å². The van der Waals surface area contributed by atoms with Crippen LogP contribution in [0, 0.1) is 12.1 Å². The number of nitrogens with zero attached hydrogens (tertiary/aromatic N) is 3. The Balaban J connectivity index is 0.000000240. The van der Waals surface area contributed by atoms with Crippen LogP contribution in [0.25, 0.3) is 81.1 Å². The van der Waals surface area contributed by atoms with Crippen LogP contribution in [-0.4, -0.2) is 27.8 Å². The molecule has 6 heteroatoms. The molecule has 0 aliphatic carbocycles. The molecule has 7 aromatic carbocycles. The van der Waals surface area contributed by atoms with Crippen molar-refractivity contribution in [1.29, 1.82) is 0 Å². The van der Waals surface area contributed by atoms with E-state index in [9.17, 15) is 0 Å². The average molecular weight is 1020 g/mol.